The molecule has 6 heteroatoms. The van der Waals surface area contributed by atoms with Crippen molar-refractivity contribution in [3.05, 3.63) is 29.8 Å². The van der Waals surface area contributed by atoms with Crippen LogP contribution in [0, 0.1) is 17.2 Å². The number of hydrogen-bond acceptors (Lipinski definition) is 3. The highest BCUT2D eigenvalue weighted by Crippen LogP contribution is 2.22. The predicted molar refractivity (Wildman–Crippen MR) is 76.9 cm³/mol. The Morgan fingerprint density at radius 1 is 1.43 bits per heavy atom. The molecular weight excluding hydrogens is 270 g/mol. The van der Waals surface area contributed by atoms with E-state index in [2.05, 4.69) is 6.07 Å². The molecule has 0 unspecified atom stereocenters. The van der Waals surface area contributed by atoms with Gasteiger partial charge in [-0.1, -0.05) is 12.1 Å². The second-order valence-corrected chi connectivity index (χ2v) is 5.09. The van der Waals surface area contributed by atoms with E-state index in [9.17, 15) is 9.59 Å². The van der Waals surface area contributed by atoms with Crippen molar-refractivity contribution in [2.45, 2.75) is 12.8 Å². The molecule has 110 valence electrons. The van der Waals surface area contributed by atoms with Crippen molar-refractivity contribution in [1.82, 2.24) is 4.90 Å². The number of aliphatic carboxylic acids is 1. The van der Waals surface area contributed by atoms with E-state index in [0.717, 1.165) is 0 Å². The van der Waals surface area contributed by atoms with Gasteiger partial charge in [-0.3, -0.25) is 9.69 Å². The van der Waals surface area contributed by atoms with Crippen LogP contribution in [0.2, 0.25) is 0 Å². The zero-order valence-electron chi connectivity index (χ0n) is 11.8. The molecule has 0 aliphatic carbocycles. The van der Waals surface area contributed by atoms with Crippen LogP contribution >= 0.6 is 0 Å². The molecule has 1 aliphatic rings. The summed E-state index contributed by atoms with van der Waals surface area (Å²) in [7, 11) is 1.60. The molecular formula is C15H17N3O3. The summed E-state index contributed by atoms with van der Waals surface area (Å²) in [6.07, 6.45) is 1.27. The Labute approximate surface area is 123 Å². The van der Waals surface area contributed by atoms with Gasteiger partial charge in [0.1, 0.15) is 6.07 Å². The highest BCUT2D eigenvalue weighted by molar-refractivity contribution is 5.93. The summed E-state index contributed by atoms with van der Waals surface area (Å²) in [6.45, 7) is 0.759. The Morgan fingerprint density at radius 3 is 2.81 bits per heavy atom. The molecule has 0 bridgehead atoms. The Morgan fingerprint density at radius 2 is 2.14 bits per heavy atom. The van der Waals surface area contributed by atoms with Gasteiger partial charge in [0.2, 0.25) is 0 Å². The van der Waals surface area contributed by atoms with Crippen molar-refractivity contribution in [1.29, 1.82) is 5.26 Å². The third-order valence-electron chi connectivity index (χ3n) is 3.71. The van der Waals surface area contributed by atoms with Crippen LogP contribution in [0.5, 0.6) is 0 Å². The van der Waals surface area contributed by atoms with E-state index < -0.39 is 11.9 Å². The van der Waals surface area contributed by atoms with Crippen LogP contribution in [0.1, 0.15) is 18.4 Å². The van der Waals surface area contributed by atoms with Crippen molar-refractivity contribution in [2.75, 3.05) is 25.0 Å². The number of nitriles is 1. The van der Waals surface area contributed by atoms with Crippen molar-refractivity contribution in [2.24, 2.45) is 5.92 Å². The molecule has 2 rings (SSSR count). The SMILES string of the molecule is CN(C(=O)N1CCC[C@@H](C(=O)O)C1)c1ccccc1C#N. The Bertz CT molecular complexity index is 594. The third kappa shape index (κ3) is 3.14. The number of rotatable bonds is 2. The molecule has 1 fully saturated rings. The molecule has 1 aromatic carbocycles. The monoisotopic (exact) mass is 287 g/mol. The van der Waals surface area contributed by atoms with Crippen molar-refractivity contribution in [3.8, 4) is 6.07 Å². The van der Waals surface area contributed by atoms with Gasteiger partial charge in [0.25, 0.3) is 0 Å². The van der Waals surface area contributed by atoms with Crippen LogP contribution in [-0.4, -0.2) is 42.1 Å². The molecule has 0 saturated carbocycles. The van der Waals surface area contributed by atoms with Gasteiger partial charge in [-0.15, -0.1) is 0 Å². The number of carbonyl (C=O) groups is 2. The van der Waals surface area contributed by atoms with Crippen LogP contribution in [0.4, 0.5) is 10.5 Å². The standard InChI is InChI=1S/C15H17N3O3/c1-17(13-7-3-2-5-11(13)9-16)15(21)18-8-4-6-12(10-18)14(19)20/h2-3,5,7,12H,4,6,8,10H2,1H3,(H,19,20)/t12-/m1/s1. The highest BCUT2D eigenvalue weighted by Gasteiger charge is 2.30. The maximum atomic E-state index is 12.5. The number of anilines is 1. The molecule has 1 heterocycles. The van der Waals surface area contributed by atoms with Gasteiger partial charge in [-0.2, -0.15) is 5.26 Å². The van der Waals surface area contributed by atoms with Crippen molar-refractivity contribution < 1.29 is 14.7 Å². The Kier molecular flexibility index (Phi) is 4.43. The second kappa shape index (κ2) is 6.27. The topological polar surface area (TPSA) is 84.6 Å². The lowest BCUT2D eigenvalue weighted by atomic mass is 9.98. The number of amides is 2. The minimum atomic E-state index is -0.868. The third-order valence-corrected chi connectivity index (χ3v) is 3.71. The number of piperidine rings is 1. The fraction of sp³-hybridized carbons (Fsp3) is 0.400. The first-order chi connectivity index (χ1) is 10.0. The first-order valence-electron chi connectivity index (χ1n) is 6.79. The molecule has 0 spiro atoms. The van der Waals surface area contributed by atoms with Gasteiger partial charge in [-0.05, 0) is 25.0 Å². The number of likely N-dealkylation sites (tertiary alicyclic amines) is 1. The molecule has 2 amide bonds. The summed E-state index contributed by atoms with van der Waals surface area (Å²) in [5.41, 5.74) is 0.947. The molecule has 1 aliphatic heterocycles. The number of carboxylic acids is 1. The van der Waals surface area contributed by atoms with Gasteiger partial charge in [0.15, 0.2) is 0 Å². The Hall–Kier alpha value is -2.55. The van der Waals surface area contributed by atoms with E-state index in [0.29, 0.717) is 30.6 Å². The number of hydrogen-bond donors (Lipinski definition) is 1. The fourth-order valence-corrected chi connectivity index (χ4v) is 2.53. The van der Waals surface area contributed by atoms with Crippen LogP contribution in [0.15, 0.2) is 24.3 Å². The normalized spacial score (nSPS) is 17.9. The summed E-state index contributed by atoms with van der Waals surface area (Å²) in [5.74, 6) is -1.38. The quantitative estimate of drug-likeness (QED) is 0.900. The second-order valence-electron chi connectivity index (χ2n) is 5.09. The number of urea groups is 1. The lowest BCUT2D eigenvalue weighted by Crippen LogP contribution is -2.47. The molecule has 0 aromatic heterocycles. The number of para-hydroxylation sites is 1. The number of nitrogens with zero attached hydrogens (tertiary/aromatic N) is 3. The average molecular weight is 287 g/mol. The lowest BCUT2D eigenvalue weighted by Gasteiger charge is -2.34. The number of carbonyl (C=O) groups excluding carboxylic acids is 1. The van der Waals surface area contributed by atoms with E-state index in [1.165, 1.54) is 9.80 Å². The van der Waals surface area contributed by atoms with E-state index in [4.69, 9.17) is 10.4 Å². The van der Waals surface area contributed by atoms with Crippen LogP contribution in [0.25, 0.3) is 0 Å². The smallest absolute Gasteiger partial charge is 0.324 e. The van der Waals surface area contributed by atoms with Gasteiger partial charge in [0, 0.05) is 20.1 Å². The summed E-state index contributed by atoms with van der Waals surface area (Å²) in [4.78, 5) is 26.5. The zero-order valence-corrected chi connectivity index (χ0v) is 11.8. The zero-order chi connectivity index (χ0) is 15.4. The van der Waals surface area contributed by atoms with Crippen LogP contribution in [0.3, 0.4) is 0 Å². The highest BCUT2D eigenvalue weighted by atomic mass is 16.4. The molecule has 1 saturated heterocycles. The summed E-state index contributed by atoms with van der Waals surface area (Å²) >= 11 is 0. The summed E-state index contributed by atoms with van der Waals surface area (Å²) in [6, 6.07) is 8.63. The Balaban J connectivity index is 2.16. The van der Waals surface area contributed by atoms with Gasteiger partial charge >= 0.3 is 12.0 Å². The molecule has 21 heavy (non-hydrogen) atoms. The molecule has 0 radical (unpaired) electrons. The van der Waals surface area contributed by atoms with Crippen LogP contribution < -0.4 is 4.90 Å². The lowest BCUT2D eigenvalue weighted by molar-refractivity contribution is -0.143. The summed E-state index contributed by atoms with van der Waals surface area (Å²) < 4.78 is 0. The minimum Gasteiger partial charge on any atom is -0.481 e. The predicted octanol–water partition coefficient (Wildman–Crippen LogP) is 1.91. The minimum absolute atomic E-state index is 0.216. The van der Waals surface area contributed by atoms with E-state index in [1.807, 2.05) is 0 Å². The fourth-order valence-electron chi connectivity index (χ4n) is 2.53. The van der Waals surface area contributed by atoms with Crippen molar-refractivity contribution in [3.63, 3.8) is 0 Å². The number of benzene rings is 1. The first kappa shape index (κ1) is 14.9. The van der Waals surface area contributed by atoms with Gasteiger partial charge < -0.3 is 10.0 Å². The largest absolute Gasteiger partial charge is 0.481 e. The average Bonchev–Trinajstić information content (AvgIpc) is 2.53. The van der Waals surface area contributed by atoms with Gasteiger partial charge in [0.05, 0.1) is 17.2 Å². The summed E-state index contributed by atoms with van der Waals surface area (Å²) in [5, 5.41) is 18.2. The molecule has 1 N–H and O–H groups in total. The molecule has 1 aromatic rings. The molecule has 1 atom stereocenters. The van der Waals surface area contributed by atoms with E-state index in [1.54, 1.807) is 31.3 Å². The van der Waals surface area contributed by atoms with E-state index in [-0.39, 0.29) is 12.6 Å². The maximum Gasteiger partial charge on any atom is 0.324 e. The van der Waals surface area contributed by atoms with E-state index >= 15 is 0 Å². The van der Waals surface area contributed by atoms with Crippen molar-refractivity contribution >= 4 is 17.7 Å². The number of carboxylic acid groups (broad SMARTS) is 1. The van der Waals surface area contributed by atoms with Crippen LogP contribution in [-0.2, 0) is 4.79 Å². The maximum absolute atomic E-state index is 12.5. The molecule has 6 nitrogen and oxygen atoms in total. The first-order valence-corrected chi connectivity index (χ1v) is 6.79. The van der Waals surface area contributed by atoms with Gasteiger partial charge in [-0.25, -0.2) is 4.79 Å².